The van der Waals surface area contributed by atoms with Gasteiger partial charge in [0.05, 0.1) is 28.1 Å². The van der Waals surface area contributed by atoms with E-state index in [1.54, 1.807) is 5.57 Å². The molecule has 3 heteroatoms. The lowest BCUT2D eigenvalue weighted by Gasteiger charge is -2.43. The highest BCUT2D eigenvalue weighted by atomic mass is 15.1. The van der Waals surface area contributed by atoms with Gasteiger partial charge in [-0.25, -0.2) is 0 Å². The number of fused-ring (bicyclic) bond motifs is 7. The first-order valence-electron chi connectivity index (χ1n) is 18.7. The van der Waals surface area contributed by atoms with E-state index in [-0.39, 0.29) is 16.9 Å². The maximum Gasteiger partial charge on any atom is 0.0583 e. The minimum absolute atomic E-state index is 0.118. The molecule has 0 saturated heterocycles. The maximum atomic E-state index is 2.70. The molecular weight excluding hydrogens is 619 g/mol. The lowest BCUT2D eigenvalue weighted by atomic mass is 9.67. The normalized spacial score (nSPS) is 18.9. The van der Waals surface area contributed by atoms with E-state index >= 15 is 0 Å². The molecule has 5 aromatic carbocycles. The molecule has 3 aromatic heterocycles. The van der Waals surface area contributed by atoms with Crippen molar-refractivity contribution in [3.8, 4) is 11.4 Å². The third kappa shape index (κ3) is 3.27. The molecule has 4 aliphatic rings. The Morgan fingerprint density at radius 3 is 2.04 bits per heavy atom. The third-order valence-electron chi connectivity index (χ3n) is 13.2. The van der Waals surface area contributed by atoms with E-state index in [1.807, 2.05) is 0 Å². The predicted molar refractivity (Wildman–Crippen MR) is 213 cm³/mol. The molecule has 246 valence electrons. The highest BCUT2D eigenvalue weighted by molar-refractivity contribution is 6.08. The third-order valence-corrected chi connectivity index (χ3v) is 13.2. The van der Waals surface area contributed by atoms with Gasteiger partial charge in [0.1, 0.15) is 0 Å². The predicted octanol–water partition coefficient (Wildman–Crippen LogP) is 10.1. The van der Waals surface area contributed by atoms with Crippen LogP contribution in [0.2, 0.25) is 0 Å². The van der Waals surface area contributed by atoms with Crippen molar-refractivity contribution in [2.24, 2.45) is 0 Å². The number of hydrogen-bond donors (Lipinski definition) is 0. The molecule has 0 saturated carbocycles. The first-order chi connectivity index (χ1) is 24.8. The van der Waals surface area contributed by atoms with Crippen LogP contribution < -0.4 is 10.6 Å². The molecule has 0 bridgehead atoms. The van der Waals surface area contributed by atoms with Gasteiger partial charge in [0, 0.05) is 60.0 Å². The largest absolute Gasteiger partial charge is 0.333 e. The van der Waals surface area contributed by atoms with Crippen LogP contribution in [0.4, 0.5) is 0 Å². The lowest BCUT2D eigenvalue weighted by Crippen LogP contribution is -2.46. The molecule has 3 nitrogen and oxygen atoms in total. The smallest absolute Gasteiger partial charge is 0.0583 e. The van der Waals surface area contributed by atoms with Gasteiger partial charge < -0.3 is 13.7 Å². The molecule has 1 unspecified atom stereocenters. The Morgan fingerprint density at radius 1 is 0.627 bits per heavy atom. The molecule has 0 fully saturated rings. The summed E-state index contributed by atoms with van der Waals surface area (Å²) in [5, 5.41) is 8.25. The van der Waals surface area contributed by atoms with Gasteiger partial charge in [-0.3, -0.25) is 0 Å². The minimum atomic E-state index is -0.171. The maximum absolute atomic E-state index is 2.70. The van der Waals surface area contributed by atoms with Gasteiger partial charge in [-0.2, -0.15) is 0 Å². The topological polar surface area (TPSA) is 14.8 Å². The quantitative estimate of drug-likeness (QED) is 0.176. The molecule has 5 heterocycles. The van der Waals surface area contributed by atoms with E-state index in [2.05, 4.69) is 163 Å². The Labute approximate surface area is 297 Å². The second-order valence-electron chi connectivity index (χ2n) is 16.4. The van der Waals surface area contributed by atoms with Crippen LogP contribution in [0.1, 0.15) is 74.5 Å². The van der Waals surface area contributed by atoms with Crippen LogP contribution in [0.3, 0.4) is 0 Å². The van der Waals surface area contributed by atoms with Crippen molar-refractivity contribution in [1.29, 1.82) is 0 Å². The highest BCUT2D eigenvalue weighted by Crippen LogP contribution is 2.52. The van der Waals surface area contributed by atoms with Gasteiger partial charge >= 0.3 is 0 Å². The first kappa shape index (κ1) is 28.2. The van der Waals surface area contributed by atoms with Crippen LogP contribution in [-0.2, 0) is 17.3 Å². The number of aryl methyl sites for hydroxylation is 1. The average molecular weight is 658 g/mol. The number of para-hydroxylation sites is 4. The molecule has 0 spiro atoms. The van der Waals surface area contributed by atoms with Crippen molar-refractivity contribution >= 4 is 61.3 Å². The zero-order valence-corrected chi connectivity index (χ0v) is 29.6. The van der Waals surface area contributed by atoms with E-state index in [9.17, 15) is 0 Å². The van der Waals surface area contributed by atoms with Gasteiger partial charge in [0.25, 0.3) is 0 Å². The monoisotopic (exact) mass is 657 g/mol. The van der Waals surface area contributed by atoms with E-state index in [1.165, 1.54) is 93.5 Å². The Bertz CT molecular complexity index is 3010. The zero-order valence-electron chi connectivity index (χ0n) is 29.6. The molecule has 8 aromatic rings. The summed E-state index contributed by atoms with van der Waals surface area (Å²) in [5.41, 5.74) is 16.4. The summed E-state index contributed by atoms with van der Waals surface area (Å²) in [6.45, 7) is 9.87. The van der Waals surface area contributed by atoms with E-state index < -0.39 is 0 Å². The summed E-state index contributed by atoms with van der Waals surface area (Å²) >= 11 is 0. The Hall–Kier alpha value is -5.54. The molecule has 0 amide bonds. The summed E-state index contributed by atoms with van der Waals surface area (Å²) in [4.78, 5) is 0. The second kappa shape index (κ2) is 9.22. The van der Waals surface area contributed by atoms with E-state index in [0.717, 1.165) is 19.3 Å². The van der Waals surface area contributed by atoms with Crippen LogP contribution in [-0.4, -0.2) is 13.7 Å². The number of rotatable bonds is 2. The van der Waals surface area contributed by atoms with Crippen LogP contribution in [0.5, 0.6) is 0 Å². The molecule has 2 aliphatic carbocycles. The molecule has 0 radical (unpaired) electrons. The fourth-order valence-electron chi connectivity index (χ4n) is 10.9. The van der Waals surface area contributed by atoms with Crippen molar-refractivity contribution in [3.05, 3.63) is 148 Å². The summed E-state index contributed by atoms with van der Waals surface area (Å²) in [7, 11) is 0. The van der Waals surface area contributed by atoms with Crippen molar-refractivity contribution in [1.82, 2.24) is 13.7 Å². The number of benzene rings is 5. The average Bonchev–Trinajstić information content (AvgIpc) is 3.79. The molecule has 2 aliphatic heterocycles. The van der Waals surface area contributed by atoms with Crippen LogP contribution in [0, 0.1) is 0 Å². The Balaban J connectivity index is 1.26. The van der Waals surface area contributed by atoms with Crippen LogP contribution in [0.15, 0.2) is 109 Å². The van der Waals surface area contributed by atoms with E-state index in [4.69, 9.17) is 0 Å². The van der Waals surface area contributed by atoms with Crippen LogP contribution in [0.25, 0.3) is 72.7 Å². The van der Waals surface area contributed by atoms with Crippen molar-refractivity contribution in [3.63, 3.8) is 0 Å². The Kier molecular flexibility index (Phi) is 5.09. The molecular formula is C48H39N3. The molecule has 0 N–H and O–H groups in total. The number of hydrogen-bond acceptors (Lipinski definition) is 0. The van der Waals surface area contributed by atoms with Crippen LogP contribution >= 0.6 is 0 Å². The number of aromatic nitrogens is 3. The number of nitrogens with zero attached hydrogens (tertiary/aromatic N) is 3. The fourth-order valence-corrected chi connectivity index (χ4v) is 10.9. The summed E-state index contributed by atoms with van der Waals surface area (Å²) in [5.74, 6) is 0. The number of allylic oxidation sites excluding steroid dienone is 1. The van der Waals surface area contributed by atoms with Gasteiger partial charge in [-0.1, -0.05) is 113 Å². The van der Waals surface area contributed by atoms with Gasteiger partial charge in [-0.05, 0) is 83.5 Å². The molecule has 12 rings (SSSR count). The molecule has 1 atom stereocenters. The minimum Gasteiger partial charge on any atom is -0.333 e. The summed E-state index contributed by atoms with van der Waals surface area (Å²) < 4.78 is 7.90. The van der Waals surface area contributed by atoms with Crippen molar-refractivity contribution in [2.75, 3.05) is 0 Å². The summed E-state index contributed by atoms with van der Waals surface area (Å²) in [6.07, 6.45) is 10.5. The van der Waals surface area contributed by atoms with Crippen molar-refractivity contribution in [2.45, 2.75) is 63.8 Å². The zero-order chi connectivity index (χ0) is 34.0. The first-order valence-corrected chi connectivity index (χ1v) is 18.7. The lowest BCUT2D eigenvalue weighted by molar-refractivity contribution is 0.568. The SMILES string of the molecule is CC1(C)C2=c3c(c4cc(-n5c6c(c7ccccc75)CCC=C6)cc5c4n3-c3c1cccc3C5(C)C)=CC(n1c3ccccc3c3ccccc31)C2. The molecule has 51 heavy (non-hydrogen) atoms. The van der Waals surface area contributed by atoms with E-state index in [0.29, 0.717) is 0 Å². The fraction of sp³-hybridized carbons (Fsp3) is 0.208. The highest BCUT2D eigenvalue weighted by Gasteiger charge is 2.44. The van der Waals surface area contributed by atoms with Gasteiger partial charge in [-0.15, -0.1) is 0 Å². The second-order valence-corrected chi connectivity index (χ2v) is 16.4. The summed E-state index contributed by atoms with van der Waals surface area (Å²) in [6, 6.07) is 39.4. The Morgan fingerprint density at radius 2 is 1.29 bits per heavy atom. The van der Waals surface area contributed by atoms with Crippen molar-refractivity contribution < 1.29 is 0 Å². The van der Waals surface area contributed by atoms with Gasteiger partial charge in [0.15, 0.2) is 0 Å². The van der Waals surface area contributed by atoms with Gasteiger partial charge in [0.2, 0.25) is 0 Å². The standard InChI is InChI=1S/C48H39N3/c1-47(2)36-18-13-19-37-46(36)51-44-34(24-28(26-38(44)47)49-40-20-9-5-14-30(40)31-15-6-10-21-41(31)49)35-25-29(27-39(45(35)51)48(37,3)4)50-42-22-11-7-16-32(42)33-17-8-12-23-43(33)50/h5-7,9-16,18-25,27-28H,8,17,26H2,1-4H3.